The zero-order chi connectivity index (χ0) is 22.6. The highest BCUT2D eigenvalue weighted by Gasteiger charge is 2.29. The molecule has 0 saturated carbocycles. The van der Waals surface area contributed by atoms with Crippen molar-refractivity contribution in [2.24, 2.45) is 0 Å². The first-order valence-electron chi connectivity index (χ1n) is 10.4. The molecule has 1 fully saturated rings. The third kappa shape index (κ3) is 4.69. The number of ether oxygens (including phenoxy) is 2. The van der Waals surface area contributed by atoms with E-state index in [-0.39, 0.29) is 6.54 Å². The molecule has 0 amide bonds. The minimum atomic E-state index is -0.970. The van der Waals surface area contributed by atoms with Crippen molar-refractivity contribution in [2.45, 2.75) is 6.10 Å². The number of hydrogen-bond donors (Lipinski definition) is 1. The van der Waals surface area contributed by atoms with Gasteiger partial charge in [0.05, 0.1) is 23.7 Å². The van der Waals surface area contributed by atoms with Gasteiger partial charge >= 0.3 is 5.97 Å². The zero-order valence-electron chi connectivity index (χ0n) is 17.5. The lowest BCUT2D eigenvalue weighted by Gasteiger charge is -2.30. The number of morpholine rings is 1. The number of rotatable bonds is 6. The molecular formula is C24H20N4O4S. The summed E-state index contributed by atoms with van der Waals surface area (Å²) in [5.74, 6) is 0.522. The zero-order valence-corrected chi connectivity index (χ0v) is 18.3. The van der Waals surface area contributed by atoms with Crippen LogP contribution < -0.4 is 9.64 Å². The SMILES string of the molecule is O=C(O)C1CN(c2nc(-c3ccc(Oc4ccccc4)cc3)c(-c3cncnc3)s2)CCO1. The van der Waals surface area contributed by atoms with Gasteiger partial charge in [-0.2, -0.15) is 0 Å². The molecule has 8 nitrogen and oxygen atoms in total. The Labute approximate surface area is 194 Å². The van der Waals surface area contributed by atoms with E-state index in [1.54, 1.807) is 12.4 Å². The Morgan fingerprint density at radius 3 is 2.48 bits per heavy atom. The van der Waals surface area contributed by atoms with Crippen LogP contribution in [0.15, 0.2) is 73.3 Å². The second kappa shape index (κ2) is 9.35. The van der Waals surface area contributed by atoms with E-state index in [9.17, 15) is 9.90 Å². The molecule has 3 heterocycles. The van der Waals surface area contributed by atoms with Crippen molar-refractivity contribution >= 4 is 22.4 Å². The summed E-state index contributed by atoms with van der Waals surface area (Å²) in [7, 11) is 0. The molecule has 1 aliphatic heterocycles. The largest absolute Gasteiger partial charge is 0.479 e. The molecule has 5 rings (SSSR count). The minimum Gasteiger partial charge on any atom is -0.479 e. The topological polar surface area (TPSA) is 97.7 Å². The van der Waals surface area contributed by atoms with Gasteiger partial charge in [-0.3, -0.25) is 0 Å². The summed E-state index contributed by atoms with van der Waals surface area (Å²) in [6.07, 6.45) is 4.12. The Bertz CT molecular complexity index is 1230. The van der Waals surface area contributed by atoms with Crippen LogP contribution in [0.1, 0.15) is 0 Å². The minimum absolute atomic E-state index is 0.247. The number of thiazole rings is 1. The Morgan fingerprint density at radius 2 is 1.76 bits per heavy atom. The van der Waals surface area contributed by atoms with Crippen molar-refractivity contribution in [1.29, 1.82) is 0 Å². The fourth-order valence-electron chi connectivity index (χ4n) is 3.53. The molecule has 2 aromatic carbocycles. The van der Waals surface area contributed by atoms with Gasteiger partial charge in [0.2, 0.25) is 0 Å². The molecular weight excluding hydrogens is 440 g/mol. The molecule has 166 valence electrons. The standard InChI is InChI=1S/C24H20N4O4S/c29-23(30)20-14-28(10-11-31-20)24-27-21(22(33-24)17-12-25-15-26-13-17)16-6-8-19(9-7-16)32-18-4-2-1-3-5-18/h1-9,12-13,15,20H,10-11,14H2,(H,29,30). The lowest BCUT2D eigenvalue weighted by molar-refractivity contribution is -0.150. The fourth-order valence-corrected chi connectivity index (χ4v) is 4.63. The van der Waals surface area contributed by atoms with E-state index in [1.165, 1.54) is 17.7 Å². The lowest BCUT2D eigenvalue weighted by atomic mass is 10.1. The summed E-state index contributed by atoms with van der Waals surface area (Å²) >= 11 is 1.49. The van der Waals surface area contributed by atoms with Gasteiger partial charge in [0, 0.05) is 30.1 Å². The number of hydrogen-bond acceptors (Lipinski definition) is 8. The van der Waals surface area contributed by atoms with Crippen molar-refractivity contribution in [2.75, 3.05) is 24.6 Å². The summed E-state index contributed by atoms with van der Waals surface area (Å²) < 4.78 is 11.3. The Balaban J connectivity index is 1.47. The average molecular weight is 461 g/mol. The molecule has 1 aliphatic rings. The number of nitrogens with zero attached hydrogens (tertiary/aromatic N) is 4. The summed E-state index contributed by atoms with van der Waals surface area (Å²) in [4.78, 5) is 27.5. The number of aliphatic carboxylic acids is 1. The van der Waals surface area contributed by atoms with Gasteiger partial charge < -0.3 is 19.5 Å². The van der Waals surface area contributed by atoms with Gasteiger partial charge in [-0.1, -0.05) is 29.5 Å². The number of aromatic nitrogens is 3. The molecule has 1 unspecified atom stereocenters. The van der Waals surface area contributed by atoms with Gasteiger partial charge in [0.1, 0.15) is 17.8 Å². The highest BCUT2D eigenvalue weighted by atomic mass is 32.1. The van der Waals surface area contributed by atoms with E-state index in [0.29, 0.717) is 13.2 Å². The molecule has 1 saturated heterocycles. The number of carboxylic acids is 1. The summed E-state index contributed by atoms with van der Waals surface area (Å²) in [6, 6.07) is 17.3. The normalized spacial score (nSPS) is 15.9. The molecule has 1 N–H and O–H groups in total. The van der Waals surface area contributed by atoms with Gasteiger partial charge in [-0.25, -0.2) is 19.7 Å². The second-order valence-corrected chi connectivity index (χ2v) is 8.36. The summed E-state index contributed by atoms with van der Waals surface area (Å²) in [5.41, 5.74) is 2.55. The maximum Gasteiger partial charge on any atom is 0.334 e. The molecule has 1 atom stereocenters. The quantitative estimate of drug-likeness (QED) is 0.454. The summed E-state index contributed by atoms with van der Waals surface area (Å²) in [5, 5.41) is 10.1. The van der Waals surface area contributed by atoms with Gasteiger partial charge in [-0.05, 0) is 36.4 Å². The number of para-hydroxylation sites is 1. The number of carboxylic acid groups (broad SMARTS) is 1. The predicted molar refractivity (Wildman–Crippen MR) is 125 cm³/mol. The predicted octanol–water partition coefficient (Wildman–Crippen LogP) is 4.35. The first-order valence-corrected chi connectivity index (χ1v) is 11.2. The smallest absolute Gasteiger partial charge is 0.334 e. The lowest BCUT2D eigenvalue weighted by Crippen LogP contribution is -2.46. The monoisotopic (exact) mass is 460 g/mol. The van der Waals surface area contributed by atoms with Crippen LogP contribution in [-0.2, 0) is 9.53 Å². The Morgan fingerprint density at radius 1 is 1.03 bits per heavy atom. The van der Waals surface area contributed by atoms with Crippen LogP contribution in [0.4, 0.5) is 5.13 Å². The molecule has 4 aromatic rings. The second-order valence-electron chi connectivity index (χ2n) is 7.38. The van der Waals surface area contributed by atoms with Crippen LogP contribution in [0.25, 0.3) is 21.7 Å². The molecule has 2 aromatic heterocycles. The van der Waals surface area contributed by atoms with Crippen molar-refractivity contribution in [3.05, 3.63) is 73.3 Å². The molecule has 0 bridgehead atoms. The first kappa shape index (κ1) is 21.0. The maximum atomic E-state index is 11.4. The molecule has 9 heteroatoms. The first-order chi connectivity index (χ1) is 16.2. The van der Waals surface area contributed by atoms with Crippen LogP contribution in [0.2, 0.25) is 0 Å². The van der Waals surface area contributed by atoms with E-state index in [4.69, 9.17) is 14.5 Å². The number of benzene rings is 2. The van der Waals surface area contributed by atoms with Crippen molar-refractivity contribution in [3.63, 3.8) is 0 Å². The van der Waals surface area contributed by atoms with Crippen molar-refractivity contribution < 1.29 is 19.4 Å². The highest BCUT2D eigenvalue weighted by Crippen LogP contribution is 2.40. The van der Waals surface area contributed by atoms with E-state index in [1.807, 2.05) is 59.5 Å². The number of anilines is 1. The van der Waals surface area contributed by atoms with Crippen LogP contribution in [-0.4, -0.2) is 51.8 Å². The van der Waals surface area contributed by atoms with E-state index in [2.05, 4.69) is 9.97 Å². The van der Waals surface area contributed by atoms with Crippen LogP contribution in [0, 0.1) is 0 Å². The van der Waals surface area contributed by atoms with Gasteiger partial charge in [0.15, 0.2) is 11.2 Å². The van der Waals surface area contributed by atoms with Gasteiger partial charge in [0.25, 0.3) is 0 Å². The van der Waals surface area contributed by atoms with Crippen LogP contribution in [0.3, 0.4) is 0 Å². The highest BCUT2D eigenvalue weighted by molar-refractivity contribution is 7.19. The number of carbonyl (C=O) groups is 1. The van der Waals surface area contributed by atoms with E-state index in [0.717, 1.165) is 38.3 Å². The van der Waals surface area contributed by atoms with Crippen LogP contribution >= 0.6 is 11.3 Å². The van der Waals surface area contributed by atoms with Crippen molar-refractivity contribution in [1.82, 2.24) is 15.0 Å². The molecule has 0 radical (unpaired) electrons. The fraction of sp³-hybridized carbons (Fsp3) is 0.167. The maximum absolute atomic E-state index is 11.4. The van der Waals surface area contributed by atoms with Crippen LogP contribution in [0.5, 0.6) is 11.5 Å². The summed E-state index contributed by atoms with van der Waals surface area (Å²) in [6.45, 7) is 1.16. The third-order valence-corrected chi connectivity index (χ3v) is 6.32. The Kier molecular flexibility index (Phi) is 5.97. The molecule has 0 aliphatic carbocycles. The molecule has 0 spiro atoms. The van der Waals surface area contributed by atoms with E-state index >= 15 is 0 Å². The Hall–Kier alpha value is -3.82. The van der Waals surface area contributed by atoms with Gasteiger partial charge in [-0.15, -0.1) is 0 Å². The van der Waals surface area contributed by atoms with E-state index < -0.39 is 12.1 Å². The molecule has 33 heavy (non-hydrogen) atoms. The van der Waals surface area contributed by atoms with Crippen molar-refractivity contribution in [3.8, 4) is 33.2 Å². The average Bonchev–Trinajstić information content (AvgIpc) is 3.31. The third-order valence-electron chi connectivity index (χ3n) is 5.16.